The number of nitrogens with one attached hydrogen (secondary N) is 1. The summed E-state index contributed by atoms with van der Waals surface area (Å²) >= 11 is 6.43. The maximum atomic E-state index is 13.2. The van der Waals surface area contributed by atoms with E-state index in [0.717, 1.165) is 44.1 Å². The number of rotatable bonds is 6. The van der Waals surface area contributed by atoms with Crippen molar-refractivity contribution in [1.29, 1.82) is 0 Å². The van der Waals surface area contributed by atoms with E-state index >= 15 is 0 Å². The summed E-state index contributed by atoms with van der Waals surface area (Å²) in [6.45, 7) is 9.32. The number of likely N-dealkylation sites (N-methyl/N-ethyl adjacent to an activating group) is 1. The normalized spacial score (nSPS) is 14.6. The second-order valence-electron chi connectivity index (χ2n) is 7.77. The molecule has 3 heterocycles. The molecule has 32 heavy (non-hydrogen) atoms. The highest BCUT2D eigenvalue weighted by molar-refractivity contribution is 6.33. The van der Waals surface area contributed by atoms with Crippen LogP contribution in [0.5, 0.6) is 0 Å². The second kappa shape index (κ2) is 9.67. The summed E-state index contributed by atoms with van der Waals surface area (Å²) in [6, 6.07) is 9.74. The predicted molar refractivity (Wildman–Crippen MR) is 123 cm³/mol. The first kappa shape index (κ1) is 22.2. The van der Waals surface area contributed by atoms with Crippen LogP contribution >= 0.6 is 11.6 Å². The zero-order valence-electron chi connectivity index (χ0n) is 18.2. The van der Waals surface area contributed by atoms with Crippen molar-refractivity contribution < 1.29 is 9.18 Å². The molecule has 0 radical (unpaired) electrons. The van der Waals surface area contributed by atoms with Gasteiger partial charge in [-0.05, 0) is 49.4 Å². The number of amides is 1. The summed E-state index contributed by atoms with van der Waals surface area (Å²) in [5.74, 6) is 0.283. The van der Waals surface area contributed by atoms with E-state index in [2.05, 4.69) is 32.1 Å². The lowest BCUT2D eigenvalue weighted by molar-refractivity contribution is 0.0950. The molecule has 2 aromatic heterocycles. The highest BCUT2D eigenvalue weighted by Gasteiger charge is 2.21. The maximum absolute atomic E-state index is 13.2. The lowest BCUT2D eigenvalue weighted by atomic mass is 10.2. The summed E-state index contributed by atoms with van der Waals surface area (Å²) in [4.78, 5) is 22.1. The molecule has 1 aromatic carbocycles. The highest BCUT2D eigenvalue weighted by atomic mass is 35.5. The molecule has 1 aliphatic rings. The minimum atomic E-state index is -0.352. The third-order valence-corrected chi connectivity index (χ3v) is 6.06. The number of hydrogen-bond donors (Lipinski definition) is 1. The molecular weight excluding hydrogens is 431 g/mol. The average Bonchev–Trinajstić information content (AvgIpc) is 3.12. The van der Waals surface area contributed by atoms with Crippen LogP contribution in [0, 0.1) is 12.7 Å². The predicted octanol–water partition coefficient (Wildman–Crippen LogP) is 3.44. The van der Waals surface area contributed by atoms with Crippen LogP contribution < -0.4 is 10.2 Å². The summed E-state index contributed by atoms with van der Waals surface area (Å²) in [6.07, 6.45) is 1.79. The van der Waals surface area contributed by atoms with Crippen LogP contribution in [0.4, 0.5) is 10.2 Å². The molecule has 0 bridgehead atoms. The number of benzene rings is 1. The molecule has 0 aliphatic carbocycles. The Morgan fingerprint density at radius 2 is 1.84 bits per heavy atom. The van der Waals surface area contributed by atoms with E-state index in [9.17, 15) is 9.18 Å². The van der Waals surface area contributed by atoms with Gasteiger partial charge in [0.25, 0.3) is 5.91 Å². The summed E-state index contributed by atoms with van der Waals surface area (Å²) in [5.41, 5.74) is 2.28. The van der Waals surface area contributed by atoms with Gasteiger partial charge in [-0.1, -0.05) is 24.6 Å². The number of piperazine rings is 1. The fraction of sp³-hybridized carbons (Fsp3) is 0.348. The van der Waals surface area contributed by atoms with Gasteiger partial charge in [0.2, 0.25) is 0 Å². The number of anilines is 1. The Morgan fingerprint density at radius 3 is 2.47 bits per heavy atom. The molecule has 0 unspecified atom stereocenters. The fourth-order valence-corrected chi connectivity index (χ4v) is 4.14. The lowest BCUT2D eigenvalue weighted by Crippen LogP contribution is -2.46. The number of halogens is 2. The van der Waals surface area contributed by atoms with Crippen molar-refractivity contribution in [3.05, 3.63) is 70.4 Å². The zero-order chi connectivity index (χ0) is 22.7. The van der Waals surface area contributed by atoms with Gasteiger partial charge in [0.1, 0.15) is 16.8 Å². The SMILES string of the molecule is CCN1CCN(c2ccc(CNC(=O)c3c(C)nn(-c4ccc(F)cc4)c3Cl)cn2)CC1. The average molecular weight is 457 g/mol. The van der Waals surface area contributed by atoms with Crippen molar-refractivity contribution in [2.24, 2.45) is 0 Å². The first-order chi connectivity index (χ1) is 15.5. The van der Waals surface area contributed by atoms with Crippen LogP contribution in [0.25, 0.3) is 5.69 Å². The molecule has 1 saturated heterocycles. The molecule has 0 saturated carbocycles. The summed E-state index contributed by atoms with van der Waals surface area (Å²) in [5, 5.41) is 7.41. The molecule has 9 heteroatoms. The van der Waals surface area contributed by atoms with Crippen molar-refractivity contribution in [1.82, 2.24) is 25.0 Å². The Labute approximate surface area is 191 Å². The minimum absolute atomic E-state index is 0.186. The van der Waals surface area contributed by atoms with Crippen molar-refractivity contribution in [3.8, 4) is 5.69 Å². The van der Waals surface area contributed by atoms with Crippen LogP contribution in [0.3, 0.4) is 0 Å². The second-order valence-corrected chi connectivity index (χ2v) is 8.13. The fourth-order valence-electron chi connectivity index (χ4n) is 3.78. The molecule has 1 amide bonds. The molecule has 0 spiro atoms. The Balaban J connectivity index is 1.39. The molecule has 168 valence electrons. The molecule has 1 fully saturated rings. The monoisotopic (exact) mass is 456 g/mol. The number of aryl methyl sites for hydroxylation is 1. The van der Waals surface area contributed by atoms with E-state index in [1.807, 2.05) is 12.1 Å². The van der Waals surface area contributed by atoms with Crippen molar-refractivity contribution in [2.75, 3.05) is 37.6 Å². The van der Waals surface area contributed by atoms with Crippen molar-refractivity contribution in [3.63, 3.8) is 0 Å². The quantitative estimate of drug-likeness (QED) is 0.615. The van der Waals surface area contributed by atoms with E-state index in [4.69, 9.17) is 11.6 Å². The van der Waals surface area contributed by atoms with E-state index in [1.54, 1.807) is 25.3 Å². The molecule has 1 aliphatic heterocycles. The van der Waals surface area contributed by atoms with Gasteiger partial charge < -0.3 is 15.1 Å². The lowest BCUT2D eigenvalue weighted by Gasteiger charge is -2.34. The van der Waals surface area contributed by atoms with Crippen LogP contribution in [0.2, 0.25) is 5.15 Å². The zero-order valence-corrected chi connectivity index (χ0v) is 18.9. The number of carbonyl (C=O) groups excluding carboxylic acids is 1. The van der Waals surface area contributed by atoms with Gasteiger partial charge in [0.15, 0.2) is 0 Å². The van der Waals surface area contributed by atoms with Gasteiger partial charge >= 0.3 is 0 Å². The first-order valence-electron chi connectivity index (χ1n) is 10.7. The number of pyridine rings is 1. The third kappa shape index (κ3) is 4.76. The Morgan fingerprint density at radius 1 is 1.12 bits per heavy atom. The molecule has 4 rings (SSSR count). The molecule has 1 N–H and O–H groups in total. The molecule has 3 aromatic rings. The van der Waals surface area contributed by atoms with Crippen molar-refractivity contribution in [2.45, 2.75) is 20.4 Å². The summed E-state index contributed by atoms with van der Waals surface area (Å²) in [7, 11) is 0. The Kier molecular flexibility index (Phi) is 6.72. The molecule has 0 atom stereocenters. The van der Waals surface area contributed by atoms with Crippen LogP contribution in [-0.4, -0.2) is 58.3 Å². The van der Waals surface area contributed by atoms with Gasteiger partial charge in [-0.15, -0.1) is 0 Å². The maximum Gasteiger partial charge on any atom is 0.256 e. The van der Waals surface area contributed by atoms with E-state index in [0.29, 0.717) is 23.5 Å². The topological polar surface area (TPSA) is 66.3 Å². The van der Waals surface area contributed by atoms with Gasteiger partial charge in [0, 0.05) is 38.9 Å². The molecular formula is C23H26ClFN6O. The van der Waals surface area contributed by atoms with Crippen LogP contribution in [0.15, 0.2) is 42.6 Å². The van der Waals surface area contributed by atoms with Crippen LogP contribution in [-0.2, 0) is 6.54 Å². The first-order valence-corrected chi connectivity index (χ1v) is 11.1. The Bertz CT molecular complexity index is 1080. The van der Waals surface area contributed by atoms with E-state index < -0.39 is 0 Å². The van der Waals surface area contributed by atoms with Gasteiger partial charge in [-0.2, -0.15) is 5.10 Å². The minimum Gasteiger partial charge on any atom is -0.354 e. The van der Waals surface area contributed by atoms with Gasteiger partial charge in [-0.25, -0.2) is 14.1 Å². The number of hydrogen-bond acceptors (Lipinski definition) is 5. The largest absolute Gasteiger partial charge is 0.354 e. The summed E-state index contributed by atoms with van der Waals surface area (Å²) < 4.78 is 14.6. The number of nitrogens with zero attached hydrogens (tertiary/aromatic N) is 5. The smallest absolute Gasteiger partial charge is 0.256 e. The molecule has 7 nitrogen and oxygen atoms in total. The van der Waals surface area contributed by atoms with E-state index in [-0.39, 0.29) is 16.9 Å². The Hall–Kier alpha value is -2.97. The third-order valence-electron chi connectivity index (χ3n) is 5.71. The highest BCUT2D eigenvalue weighted by Crippen LogP contribution is 2.24. The van der Waals surface area contributed by atoms with Crippen molar-refractivity contribution >= 4 is 23.3 Å². The van der Waals surface area contributed by atoms with Gasteiger partial charge in [-0.3, -0.25) is 4.79 Å². The number of carbonyl (C=O) groups is 1. The van der Waals surface area contributed by atoms with Gasteiger partial charge in [0.05, 0.1) is 16.9 Å². The standard InChI is InChI=1S/C23H26ClFN6O/c1-3-29-10-12-30(13-11-29)20-9-4-17(14-26-20)15-27-23(32)21-16(2)28-31(22(21)24)19-7-5-18(25)6-8-19/h4-9,14H,3,10-13,15H2,1-2H3,(H,27,32). The number of aromatic nitrogens is 3. The van der Waals surface area contributed by atoms with Crippen LogP contribution in [0.1, 0.15) is 28.5 Å². The van der Waals surface area contributed by atoms with E-state index in [1.165, 1.54) is 16.8 Å².